The number of nitrogens with zero attached hydrogens (tertiary/aromatic N) is 5. The standard InChI is InChI=1S/C22H23N5OS2/c1-15-10-13-26(18-4-2-3-5-19(18)30-15)20(28)14-29-22-25-24-21(27(22)17-6-7-17)16-8-11-23-12-9-16/h2-5,8-9,11-12,15,17H,6-7,10,13-14H2,1H3/t15-/m1/s1. The second kappa shape index (κ2) is 8.43. The summed E-state index contributed by atoms with van der Waals surface area (Å²) in [5.74, 6) is 1.34. The Kier molecular flexibility index (Phi) is 5.52. The highest BCUT2D eigenvalue weighted by molar-refractivity contribution is 8.00. The predicted octanol–water partition coefficient (Wildman–Crippen LogP) is 4.68. The highest BCUT2D eigenvalue weighted by Gasteiger charge is 2.31. The molecule has 2 aliphatic rings. The summed E-state index contributed by atoms with van der Waals surface area (Å²) in [5.41, 5.74) is 2.04. The van der Waals surface area contributed by atoms with Gasteiger partial charge >= 0.3 is 0 Å². The number of rotatable bonds is 5. The van der Waals surface area contributed by atoms with Crippen LogP contribution in [0.15, 0.2) is 58.8 Å². The second-order valence-electron chi connectivity index (χ2n) is 7.66. The van der Waals surface area contributed by atoms with Crippen molar-refractivity contribution in [2.24, 2.45) is 0 Å². The van der Waals surface area contributed by atoms with Gasteiger partial charge in [-0.15, -0.1) is 22.0 Å². The maximum absolute atomic E-state index is 13.2. The largest absolute Gasteiger partial charge is 0.311 e. The molecule has 8 heteroatoms. The van der Waals surface area contributed by atoms with Crippen molar-refractivity contribution in [1.82, 2.24) is 19.7 Å². The molecular weight excluding hydrogens is 414 g/mol. The number of benzene rings is 1. The number of carbonyl (C=O) groups is 1. The van der Waals surface area contributed by atoms with Crippen molar-refractivity contribution in [3.63, 3.8) is 0 Å². The third-order valence-corrected chi connectivity index (χ3v) is 7.55. The monoisotopic (exact) mass is 437 g/mol. The fourth-order valence-corrected chi connectivity index (χ4v) is 5.68. The summed E-state index contributed by atoms with van der Waals surface area (Å²) in [6, 6.07) is 12.5. The van der Waals surface area contributed by atoms with Gasteiger partial charge in [0.05, 0.1) is 11.4 Å². The summed E-state index contributed by atoms with van der Waals surface area (Å²) < 4.78 is 2.20. The molecule has 0 N–H and O–H groups in total. The highest BCUT2D eigenvalue weighted by Crippen LogP contribution is 2.41. The van der Waals surface area contributed by atoms with Crippen molar-refractivity contribution in [2.45, 2.75) is 47.5 Å². The summed E-state index contributed by atoms with van der Waals surface area (Å²) in [6.07, 6.45) is 6.79. The van der Waals surface area contributed by atoms with Crippen LogP contribution >= 0.6 is 23.5 Å². The Morgan fingerprint density at radius 2 is 1.93 bits per heavy atom. The van der Waals surface area contributed by atoms with Gasteiger partial charge in [0.1, 0.15) is 0 Å². The fourth-order valence-electron chi connectivity index (χ4n) is 3.69. The van der Waals surface area contributed by atoms with E-state index in [2.05, 4.69) is 38.8 Å². The van der Waals surface area contributed by atoms with Gasteiger partial charge in [-0.05, 0) is 43.5 Å². The number of pyridine rings is 1. The first kappa shape index (κ1) is 19.6. The Balaban J connectivity index is 1.36. The van der Waals surface area contributed by atoms with E-state index in [1.165, 1.54) is 16.7 Å². The highest BCUT2D eigenvalue weighted by atomic mass is 32.2. The molecule has 1 atom stereocenters. The number of thioether (sulfide) groups is 2. The summed E-state index contributed by atoms with van der Waals surface area (Å²) in [5, 5.41) is 10.2. The minimum absolute atomic E-state index is 0.123. The van der Waals surface area contributed by atoms with Crippen LogP contribution in [0.25, 0.3) is 11.4 Å². The van der Waals surface area contributed by atoms with E-state index in [1.54, 1.807) is 12.4 Å². The lowest BCUT2D eigenvalue weighted by Gasteiger charge is -2.22. The maximum Gasteiger partial charge on any atom is 0.237 e. The van der Waals surface area contributed by atoms with Crippen molar-refractivity contribution in [1.29, 1.82) is 0 Å². The van der Waals surface area contributed by atoms with Crippen molar-refractivity contribution >= 4 is 35.1 Å². The molecule has 6 nitrogen and oxygen atoms in total. The zero-order chi connectivity index (χ0) is 20.5. The molecule has 0 unspecified atom stereocenters. The molecule has 1 fully saturated rings. The van der Waals surface area contributed by atoms with E-state index in [-0.39, 0.29) is 5.91 Å². The van der Waals surface area contributed by atoms with Crippen LogP contribution in [-0.4, -0.2) is 43.2 Å². The number of hydrogen-bond acceptors (Lipinski definition) is 6. The SMILES string of the molecule is C[C@@H]1CCN(C(=O)CSc2nnc(-c3ccncc3)n2C2CC2)c2ccccc2S1. The van der Waals surface area contributed by atoms with Crippen LogP contribution in [0.4, 0.5) is 5.69 Å². The molecular formula is C22H23N5OS2. The van der Waals surface area contributed by atoms with Gasteiger partial charge in [0.15, 0.2) is 11.0 Å². The van der Waals surface area contributed by atoms with Crippen LogP contribution < -0.4 is 4.90 Å². The topological polar surface area (TPSA) is 63.9 Å². The Hall–Kier alpha value is -2.32. The predicted molar refractivity (Wildman–Crippen MR) is 121 cm³/mol. The zero-order valence-corrected chi connectivity index (χ0v) is 18.4. The Bertz CT molecular complexity index is 1050. The van der Waals surface area contributed by atoms with E-state index in [0.717, 1.165) is 48.0 Å². The van der Waals surface area contributed by atoms with Crippen molar-refractivity contribution in [3.05, 3.63) is 48.8 Å². The third kappa shape index (κ3) is 3.98. The number of aromatic nitrogens is 4. The van der Waals surface area contributed by atoms with E-state index >= 15 is 0 Å². The van der Waals surface area contributed by atoms with Crippen LogP contribution in [0.1, 0.15) is 32.2 Å². The van der Waals surface area contributed by atoms with E-state index in [4.69, 9.17) is 0 Å². The Morgan fingerprint density at radius 1 is 1.13 bits per heavy atom. The molecule has 1 aromatic carbocycles. The molecule has 0 saturated heterocycles. The van der Waals surface area contributed by atoms with E-state index in [0.29, 0.717) is 17.0 Å². The molecule has 0 bridgehead atoms. The molecule has 0 spiro atoms. The average molecular weight is 438 g/mol. The lowest BCUT2D eigenvalue weighted by Crippen LogP contribution is -2.33. The van der Waals surface area contributed by atoms with Gasteiger partial charge in [0.2, 0.25) is 5.91 Å². The molecule has 1 aliphatic heterocycles. The molecule has 5 rings (SSSR count). The molecule has 3 aromatic rings. The molecule has 3 heterocycles. The lowest BCUT2D eigenvalue weighted by atomic mass is 10.2. The van der Waals surface area contributed by atoms with Gasteiger partial charge in [-0.3, -0.25) is 14.3 Å². The normalized spacial score (nSPS) is 18.7. The quantitative estimate of drug-likeness (QED) is 0.540. The molecule has 1 saturated carbocycles. The molecule has 1 amide bonds. The van der Waals surface area contributed by atoms with E-state index < -0.39 is 0 Å². The molecule has 30 heavy (non-hydrogen) atoms. The smallest absolute Gasteiger partial charge is 0.237 e. The summed E-state index contributed by atoms with van der Waals surface area (Å²) >= 11 is 3.34. The summed E-state index contributed by atoms with van der Waals surface area (Å²) in [7, 11) is 0. The van der Waals surface area contributed by atoms with Crippen LogP contribution in [0.5, 0.6) is 0 Å². The molecule has 0 radical (unpaired) electrons. The van der Waals surface area contributed by atoms with Crippen molar-refractivity contribution < 1.29 is 4.79 Å². The number of carbonyl (C=O) groups excluding carboxylic acids is 1. The van der Waals surface area contributed by atoms with Gasteiger partial charge in [-0.2, -0.15) is 0 Å². The second-order valence-corrected chi connectivity index (χ2v) is 10.1. The van der Waals surface area contributed by atoms with Crippen LogP contribution in [0, 0.1) is 0 Å². The van der Waals surface area contributed by atoms with Gasteiger partial charge in [0.25, 0.3) is 0 Å². The Labute approximate surface area is 184 Å². The van der Waals surface area contributed by atoms with Crippen LogP contribution in [-0.2, 0) is 4.79 Å². The number of fused-ring (bicyclic) bond motifs is 1. The third-order valence-electron chi connectivity index (χ3n) is 5.38. The van der Waals surface area contributed by atoms with Crippen molar-refractivity contribution in [2.75, 3.05) is 17.2 Å². The average Bonchev–Trinajstić information content (AvgIpc) is 3.55. The number of para-hydroxylation sites is 1. The molecule has 2 aromatic heterocycles. The van der Waals surface area contributed by atoms with Gasteiger partial charge < -0.3 is 4.90 Å². The summed E-state index contributed by atoms with van der Waals surface area (Å²) in [6.45, 7) is 2.98. The minimum atomic E-state index is 0.123. The Morgan fingerprint density at radius 3 is 2.73 bits per heavy atom. The first-order chi connectivity index (χ1) is 14.7. The fraction of sp³-hybridized carbons (Fsp3) is 0.364. The van der Waals surface area contributed by atoms with Crippen LogP contribution in [0.2, 0.25) is 0 Å². The van der Waals surface area contributed by atoms with Gasteiger partial charge in [0, 0.05) is 40.7 Å². The minimum Gasteiger partial charge on any atom is -0.311 e. The first-order valence-corrected chi connectivity index (χ1v) is 12.1. The maximum atomic E-state index is 13.2. The zero-order valence-electron chi connectivity index (χ0n) is 16.8. The molecule has 1 aliphatic carbocycles. The van der Waals surface area contributed by atoms with Crippen molar-refractivity contribution in [3.8, 4) is 11.4 Å². The summed E-state index contributed by atoms with van der Waals surface area (Å²) in [4.78, 5) is 20.4. The lowest BCUT2D eigenvalue weighted by molar-refractivity contribution is -0.116. The van der Waals surface area contributed by atoms with Gasteiger partial charge in [-0.25, -0.2) is 0 Å². The number of hydrogen-bond donors (Lipinski definition) is 0. The molecule has 154 valence electrons. The van der Waals surface area contributed by atoms with E-state index in [9.17, 15) is 4.79 Å². The van der Waals surface area contributed by atoms with Crippen LogP contribution in [0.3, 0.4) is 0 Å². The van der Waals surface area contributed by atoms with Gasteiger partial charge in [-0.1, -0.05) is 30.8 Å². The number of amides is 1. The first-order valence-electron chi connectivity index (χ1n) is 10.2. The van der Waals surface area contributed by atoms with E-state index in [1.807, 2.05) is 40.9 Å². The number of anilines is 1.